The molecule has 0 saturated carbocycles. The van der Waals surface area contributed by atoms with Crippen LogP contribution in [-0.2, 0) is 6.54 Å². The van der Waals surface area contributed by atoms with Crippen molar-refractivity contribution in [3.63, 3.8) is 0 Å². The van der Waals surface area contributed by atoms with Gasteiger partial charge in [-0.2, -0.15) is 0 Å². The van der Waals surface area contributed by atoms with E-state index in [1.807, 2.05) is 12.1 Å². The smallest absolute Gasteiger partial charge is 0.137 e. The molecule has 100 valence electrons. The van der Waals surface area contributed by atoms with Crippen molar-refractivity contribution in [3.8, 4) is 0 Å². The number of hydrogen-bond acceptors (Lipinski definition) is 2. The van der Waals surface area contributed by atoms with Crippen molar-refractivity contribution in [2.75, 3.05) is 19.6 Å². The van der Waals surface area contributed by atoms with Crippen LogP contribution >= 0.6 is 15.9 Å². The van der Waals surface area contributed by atoms with E-state index >= 15 is 0 Å². The minimum atomic E-state index is -0.196. The summed E-state index contributed by atoms with van der Waals surface area (Å²) in [5, 5.41) is 0. The summed E-state index contributed by atoms with van der Waals surface area (Å²) in [6.45, 7) is 3.93. The fourth-order valence-electron chi connectivity index (χ4n) is 2.66. The van der Waals surface area contributed by atoms with Gasteiger partial charge in [0.25, 0.3) is 0 Å². The lowest BCUT2D eigenvalue weighted by Gasteiger charge is -2.32. The Kier molecular flexibility index (Phi) is 5.15. The van der Waals surface area contributed by atoms with Gasteiger partial charge < -0.3 is 5.73 Å². The molecule has 1 aliphatic heterocycles. The summed E-state index contributed by atoms with van der Waals surface area (Å²) in [7, 11) is 0. The average Bonchev–Trinajstić information content (AvgIpc) is 2.35. The van der Waals surface area contributed by atoms with Crippen molar-refractivity contribution in [1.82, 2.24) is 4.90 Å². The molecular weight excluding hydrogens is 295 g/mol. The summed E-state index contributed by atoms with van der Waals surface area (Å²) in [4.78, 5) is 2.45. The molecule has 1 saturated heterocycles. The Labute approximate surface area is 116 Å². The van der Waals surface area contributed by atoms with E-state index < -0.39 is 0 Å². The lowest BCUT2D eigenvalue weighted by molar-refractivity contribution is 0.163. The van der Waals surface area contributed by atoms with Crippen LogP contribution in [0.4, 0.5) is 4.39 Å². The van der Waals surface area contributed by atoms with E-state index in [2.05, 4.69) is 20.8 Å². The van der Waals surface area contributed by atoms with Crippen LogP contribution in [0.3, 0.4) is 0 Å². The zero-order chi connectivity index (χ0) is 13.0. The summed E-state index contributed by atoms with van der Waals surface area (Å²) in [5.41, 5.74) is 6.79. The highest BCUT2D eigenvalue weighted by Crippen LogP contribution is 2.22. The van der Waals surface area contributed by atoms with Crippen molar-refractivity contribution in [1.29, 1.82) is 0 Å². The fourth-order valence-corrected chi connectivity index (χ4v) is 3.09. The third-order valence-corrected chi connectivity index (χ3v) is 4.18. The molecule has 0 amide bonds. The van der Waals surface area contributed by atoms with Crippen molar-refractivity contribution in [2.45, 2.75) is 25.8 Å². The van der Waals surface area contributed by atoms with Gasteiger partial charge in [-0.3, -0.25) is 4.90 Å². The van der Waals surface area contributed by atoms with E-state index in [1.54, 1.807) is 0 Å². The van der Waals surface area contributed by atoms with E-state index in [0.29, 0.717) is 4.47 Å². The second-order valence-electron chi connectivity index (χ2n) is 5.07. The molecule has 1 fully saturated rings. The Morgan fingerprint density at radius 1 is 1.44 bits per heavy atom. The van der Waals surface area contributed by atoms with Gasteiger partial charge in [0.2, 0.25) is 0 Å². The molecule has 0 bridgehead atoms. The number of piperidine rings is 1. The first-order valence-corrected chi connectivity index (χ1v) is 7.34. The first-order chi connectivity index (χ1) is 8.69. The topological polar surface area (TPSA) is 29.3 Å². The third kappa shape index (κ3) is 3.77. The van der Waals surface area contributed by atoms with Gasteiger partial charge >= 0.3 is 0 Å². The number of nitrogens with two attached hydrogens (primary N) is 1. The van der Waals surface area contributed by atoms with E-state index in [0.717, 1.165) is 44.1 Å². The van der Waals surface area contributed by atoms with Gasteiger partial charge in [0.05, 0.1) is 4.47 Å². The number of rotatable bonds is 4. The van der Waals surface area contributed by atoms with Crippen LogP contribution < -0.4 is 5.73 Å². The first-order valence-electron chi connectivity index (χ1n) is 6.55. The minimum absolute atomic E-state index is 0.196. The molecule has 1 unspecified atom stereocenters. The summed E-state index contributed by atoms with van der Waals surface area (Å²) in [6.07, 6.45) is 3.65. The molecule has 1 aromatic carbocycles. The predicted octanol–water partition coefficient (Wildman–Crippen LogP) is 3.15. The molecular formula is C14H20BrFN2. The van der Waals surface area contributed by atoms with Crippen LogP contribution in [0, 0.1) is 11.7 Å². The maximum absolute atomic E-state index is 13.2. The molecule has 18 heavy (non-hydrogen) atoms. The summed E-state index contributed by atoms with van der Waals surface area (Å²) < 4.78 is 13.7. The fraction of sp³-hybridized carbons (Fsp3) is 0.571. The lowest BCUT2D eigenvalue weighted by atomic mass is 9.94. The molecule has 2 N–H and O–H groups in total. The second kappa shape index (κ2) is 6.64. The van der Waals surface area contributed by atoms with Crippen molar-refractivity contribution >= 4 is 15.9 Å². The van der Waals surface area contributed by atoms with E-state index in [1.165, 1.54) is 18.9 Å². The number of likely N-dealkylation sites (tertiary alicyclic amines) is 1. The SMILES string of the molecule is NCCC1CCCN(Cc2ccc(F)c(Br)c2)C1. The molecule has 2 nitrogen and oxygen atoms in total. The molecule has 2 rings (SSSR count). The lowest BCUT2D eigenvalue weighted by Crippen LogP contribution is -2.35. The third-order valence-electron chi connectivity index (χ3n) is 3.57. The van der Waals surface area contributed by atoms with Crippen molar-refractivity contribution < 1.29 is 4.39 Å². The zero-order valence-electron chi connectivity index (χ0n) is 10.5. The van der Waals surface area contributed by atoms with Gasteiger partial charge in [0.1, 0.15) is 5.82 Å². The number of hydrogen-bond donors (Lipinski definition) is 1. The van der Waals surface area contributed by atoms with Crippen LogP contribution in [-0.4, -0.2) is 24.5 Å². The molecule has 1 aliphatic rings. The highest BCUT2D eigenvalue weighted by Gasteiger charge is 2.19. The molecule has 4 heteroatoms. The summed E-state index contributed by atoms with van der Waals surface area (Å²) in [5.74, 6) is 0.533. The predicted molar refractivity (Wildman–Crippen MR) is 75.8 cm³/mol. The first kappa shape index (κ1) is 14.0. The average molecular weight is 315 g/mol. The molecule has 1 aromatic rings. The number of nitrogens with zero attached hydrogens (tertiary/aromatic N) is 1. The molecule has 1 heterocycles. The van der Waals surface area contributed by atoms with Crippen molar-refractivity contribution in [2.24, 2.45) is 11.7 Å². The molecule has 0 spiro atoms. The largest absolute Gasteiger partial charge is 0.330 e. The van der Waals surface area contributed by atoms with Gasteiger partial charge in [-0.05, 0) is 71.9 Å². The quantitative estimate of drug-likeness (QED) is 0.925. The van der Waals surface area contributed by atoms with Gasteiger partial charge in [-0.15, -0.1) is 0 Å². The van der Waals surface area contributed by atoms with Crippen LogP contribution in [0.2, 0.25) is 0 Å². The van der Waals surface area contributed by atoms with Crippen LogP contribution in [0.15, 0.2) is 22.7 Å². The molecule has 1 atom stereocenters. The maximum atomic E-state index is 13.2. The Morgan fingerprint density at radius 3 is 3.00 bits per heavy atom. The standard InChI is InChI=1S/C14H20BrFN2/c15-13-8-12(3-4-14(13)16)10-18-7-1-2-11(9-18)5-6-17/h3-4,8,11H,1-2,5-7,9-10,17H2. The van der Waals surface area contributed by atoms with Crippen LogP contribution in [0.5, 0.6) is 0 Å². The van der Waals surface area contributed by atoms with Crippen LogP contribution in [0.25, 0.3) is 0 Å². The monoisotopic (exact) mass is 314 g/mol. The second-order valence-corrected chi connectivity index (χ2v) is 5.92. The number of benzene rings is 1. The minimum Gasteiger partial charge on any atom is -0.330 e. The number of halogens is 2. The highest BCUT2D eigenvalue weighted by atomic mass is 79.9. The Bertz CT molecular complexity index is 395. The maximum Gasteiger partial charge on any atom is 0.137 e. The molecule has 0 aliphatic carbocycles. The van der Waals surface area contributed by atoms with Crippen molar-refractivity contribution in [3.05, 3.63) is 34.1 Å². The normalized spacial score (nSPS) is 21.2. The Hall–Kier alpha value is -0.450. The summed E-state index contributed by atoms with van der Waals surface area (Å²) in [6, 6.07) is 5.27. The van der Waals surface area contributed by atoms with Gasteiger partial charge in [-0.25, -0.2) is 4.39 Å². The highest BCUT2D eigenvalue weighted by molar-refractivity contribution is 9.10. The zero-order valence-corrected chi connectivity index (χ0v) is 12.1. The van der Waals surface area contributed by atoms with E-state index in [9.17, 15) is 4.39 Å². The Balaban J connectivity index is 1.93. The van der Waals surface area contributed by atoms with Gasteiger partial charge in [-0.1, -0.05) is 6.07 Å². The van der Waals surface area contributed by atoms with Gasteiger partial charge in [0, 0.05) is 13.1 Å². The van der Waals surface area contributed by atoms with Crippen LogP contribution in [0.1, 0.15) is 24.8 Å². The van der Waals surface area contributed by atoms with Gasteiger partial charge in [0.15, 0.2) is 0 Å². The molecule has 0 aromatic heterocycles. The van der Waals surface area contributed by atoms with E-state index in [4.69, 9.17) is 5.73 Å². The van der Waals surface area contributed by atoms with E-state index in [-0.39, 0.29) is 5.82 Å². The molecule has 0 radical (unpaired) electrons. The summed E-state index contributed by atoms with van der Waals surface area (Å²) >= 11 is 3.24. The Morgan fingerprint density at radius 2 is 2.28 bits per heavy atom.